The molecule has 8 nitrogen and oxygen atoms in total. The van der Waals surface area contributed by atoms with Gasteiger partial charge in [-0.3, -0.25) is 19.7 Å². The highest BCUT2D eigenvalue weighted by atomic mass is 32.1. The van der Waals surface area contributed by atoms with Gasteiger partial charge in [0.05, 0.1) is 4.92 Å². The van der Waals surface area contributed by atoms with Gasteiger partial charge in [0.25, 0.3) is 5.69 Å². The van der Waals surface area contributed by atoms with Gasteiger partial charge in [-0.05, 0) is 25.0 Å². The quantitative estimate of drug-likeness (QED) is 0.354. The fraction of sp³-hybridized carbons (Fsp3) is 0.227. The third-order valence-corrected chi connectivity index (χ3v) is 6.03. The summed E-state index contributed by atoms with van der Waals surface area (Å²) < 4.78 is 0. The molecule has 0 atom stereocenters. The number of carbonyl (C=O) groups excluding carboxylic acids is 2. The van der Waals surface area contributed by atoms with Crippen molar-refractivity contribution in [2.75, 3.05) is 23.3 Å². The number of hydrogen-bond donors (Lipinski definition) is 1. The van der Waals surface area contributed by atoms with E-state index in [1.807, 2.05) is 11.0 Å². The van der Waals surface area contributed by atoms with Gasteiger partial charge in [-0.25, -0.2) is 4.98 Å². The van der Waals surface area contributed by atoms with Crippen molar-refractivity contribution in [1.29, 1.82) is 0 Å². The molecule has 2 heterocycles. The lowest BCUT2D eigenvalue weighted by atomic mass is 9.95. The van der Waals surface area contributed by atoms with Crippen LogP contribution >= 0.6 is 11.3 Å². The van der Waals surface area contributed by atoms with E-state index in [1.54, 1.807) is 48.0 Å². The van der Waals surface area contributed by atoms with E-state index in [4.69, 9.17) is 0 Å². The number of carbonyl (C=O) groups is 2. The maximum atomic E-state index is 12.7. The molecule has 1 aromatic heterocycles. The summed E-state index contributed by atoms with van der Waals surface area (Å²) in [6.07, 6.45) is 2.80. The molecule has 1 saturated heterocycles. The average Bonchev–Trinajstić information content (AvgIpc) is 3.32. The fourth-order valence-electron chi connectivity index (χ4n) is 3.71. The summed E-state index contributed by atoms with van der Waals surface area (Å²) in [4.78, 5) is 42.3. The first kappa shape index (κ1) is 20.7. The number of nitro groups is 1. The zero-order chi connectivity index (χ0) is 21.8. The number of aromatic nitrogens is 1. The number of thiazole rings is 1. The SMILES string of the molecule is O=C(c1ccccc1)c1ccc(N2CCC(C(=O)Nc3nccs3)CC2)c([N+](=O)[O-])c1. The first-order valence-electron chi connectivity index (χ1n) is 9.86. The number of amides is 1. The van der Waals surface area contributed by atoms with Crippen molar-refractivity contribution in [3.63, 3.8) is 0 Å². The number of rotatable bonds is 6. The van der Waals surface area contributed by atoms with Crippen LogP contribution in [0.4, 0.5) is 16.5 Å². The number of nitrogens with one attached hydrogen (secondary N) is 1. The van der Waals surface area contributed by atoms with E-state index in [0.717, 1.165) is 0 Å². The fourth-order valence-corrected chi connectivity index (χ4v) is 4.24. The van der Waals surface area contributed by atoms with Crippen LogP contribution in [0.2, 0.25) is 0 Å². The van der Waals surface area contributed by atoms with Crippen LogP contribution in [0.1, 0.15) is 28.8 Å². The molecule has 158 valence electrons. The lowest BCUT2D eigenvalue weighted by Crippen LogP contribution is -2.38. The molecule has 0 aliphatic carbocycles. The minimum Gasteiger partial charge on any atom is -0.366 e. The number of hydrogen-bond acceptors (Lipinski definition) is 7. The molecule has 1 N–H and O–H groups in total. The maximum Gasteiger partial charge on any atom is 0.293 e. The van der Waals surface area contributed by atoms with Gasteiger partial charge < -0.3 is 10.2 Å². The Labute approximate surface area is 182 Å². The summed E-state index contributed by atoms with van der Waals surface area (Å²) in [5.74, 6) is -0.501. The summed E-state index contributed by atoms with van der Waals surface area (Å²) in [5.41, 5.74) is 1.12. The third-order valence-electron chi connectivity index (χ3n) is 5.34. The molecule has 1 amide bonds. The second kappa shape index (κ2) is 9.05. The average molecular weight is 436 g/mol. The molecule has 1 aliphatic heterocycles. The van der Waals surface area contributed by atoms with Crippen LogP contribution in [0, 0.1) is 16.0 Å². The second-order valence-corrected chi connectivity index (χ2v) is 8.14. The van der Waals surface area contributed by atoms with Crippen LogP contribution in [0.25, 0.3) is 0 Å². The zero-order valence-electron chi connectivity index (χ0n) is 16.6. The number of anilines is 2. The summed E-state index contributed by atoms with van der Waals surface area (Å²) in [5, 5.41) is 16.9. The van der Waals surface area contributed by atoms with Crippen molar-refractivity contribution in [3.8, 4) is 0 Å². The molecule has 0 radical (unpaired) electrons. The van der Waals surface area contributed by atoms with Gasteiger partial charge in [0.2, 0.25) is 5.91 Å². The standard InChI is InChI=1S/C22H20N4O4S/c27-20(15-4-2-1-3-5-15)17-6-7-18(19(14-17)26(29)30)25-11-8-16(9-12-25)21(28)24-22-23-10-13-31-22/h1-7,10,13-14,16H,8-9,11-12H2,(H,23,24,28). The number of nitro benzene ring substituents is 1. The first-order valence-corrected chi connectivity index (χ1v) is 10.7. The van der Waals surface area contributed by atoms with Gasteiger partial charge in [-0.2, -0.15) is 0 Å². The Morgan fingerprint density at radius 1 is 1.10 bits per heavy atom. The molecule has 4 rings (SSSR count). The Morgan fingerprint density at radius 2 is 1.84 bits per heavy atom. The lowest BCUT2D eigenvalue weighted by Gasteiger charge is -2.32. The van der Waals surface area contributed by atoms with Gasteiger partial charge in [-0.15, -0.1) is 11.3 Å². The Bertz CT molecular complexity index is 1090. The van der Waals surface area contributed by atoms with Gasteiger partial charge in [-0.1, -0.05) is 30.3 Å². The third kappa shape index (κ3) is 4.61. The maximum absolute atomic E-state index is 12.7. The number of benzene rings is 2. The smallest absolute Gasteiger partial charge is 0.293 e. The molecule has 2 aromatic carbocycles. The first-order chi connectivity index (χ1) is 15.0. The summed E-state index contributed by atoms with van der Waals surface area (Å²) in [6.45, 7) is 1.03. The highest BCUT2D eigenvalue weighted by molar-refractivity contribution is 7.13. The largest absolute Gasteiger partial charge is 0.366 e. The molecular formula is C22H20N4O4S. The molecule has 31 heavy (non-hydrogen) atoms. The van der Waals surface area contributed by atoms with Gasteiger partial charge in [0.15, 0.2) is 10.9 Å². The molecule has 0 saturated carbocycles. The van der Waals surface area contributed by atoms with Gasteiger partial charge in [0, 0.05) is 47.8 Å². The Hall–Kier alpha value is -3.59. The van der Waals surface area contributed by atoms with Crippen LogP contribution in [0.5, 0.6) is 0 Å². The topological polar surface area (TPSA) is 105 Å². The Kier molecular flexibility index (Phi) is 6.03. The molecule has 3 aromatic rings. The lowest BCUT2D eigenvalue weighted by molar-refractivity contribution is -0.384. The van der Waals surface area contributed by atoms with E-state index < -0.39 is 4.92 Å². The molecule has 0 spiro atoms. The highest BCUT2D eigenvalue weighted by Gasteiger charge is 2.29. The minimum absolute atomic E-state index is 0.0760. The van der Waals surface area contributed by atoms with Gasteiger partial charge in [0.1, 0.15) is 5.69 Å². The zero-order valence-corrected chi connectivity index (χ0v) is 17.4. The predicted octanol–water partition coefficient (Wildman–Crippen LogP) is 4.14. The van der Waals surface area contributed by atoms with E-state index >= 15 is 0 Å². The molecule has 0 bridgehead atoms. The summed E-state index contributed by atoms with van der Waals surface area (Å²) in [6, 6.07) is 13.3. The Morgan fingerprint density at radius 3 is 2.48 bits per heavy atom. The monoisotopic (exact) mass is 436 g/mol. The van der Waals surface area contributed by atoms with E-state index in [1.165, 1.54) is 17.4 Å². The van der Waals surface area contributed by atoms with Crippen LogP contribution < -0.4 is 10.2 Å². The number of ketones is 1. The normalized spacial score (nSPS) is 14.3. The van der Waals surface area contributed by atoms with E-state index in [-0.39, 0.29) is 28.9 Å². The number of piperidine rings is 1. The van der Waals surface area contributed by atoms with Crippen LogP contribution in [-0.4, -0.2) is 34.7 Å². The van der Waals surface area contributed by atoms with Crippen molar-refractivity contribution >= 4 is 39.5 Å². The summed E-state index contributed by atoms with van der Waals surface area (Å²) in [7, 11) is 0. The van der Waals surface area contributed by atoms with Crippen LogP contribution in [0.15, 0.2) is 60.1 Å². The van der Waals surface area contributed by atoms with Crippen molar-refractivity contribution in [2.24, 2.45) is 5.92 Å². The molecule has 1 aliphatic rings. The van der Waals surface area contributed by atoms with Crippen LogP contribution in [0.3, 0.4) is 0 Å². The van der Waals surface area contributed by atoms with Crippen LogP contribution in [-0.2, 0) is 4.79 Å². The Balaban J connectivity index is 1.47. The molecular weight excluding hydrogens is 416 g/mol. The molecule has 1 fully saturated rings. The van der Waals surface area contributed by atoms with E-state index in [9.17, 15) is 19.7 Å². The van der Waals surface area contributed by atoms with Crippen molar-refractivity contribution in [1.82, 2.24) is 4.98 Å². The summed E-state index contributed by atoms with van der Waals surface area (Å²) >= 11 is 1.36. The van der Waals surface area contributed by atoms with Crippen molar-refractivity contribution in [2.45, 2.75) is 12.8 Å². The molecule has 0 unspecified atom stereocenters. The van der Waals surface area contributed by atoms with E-state index in [0.29, 0.717) is 42.3 Å². The van der Waals surface area contributed by atoms with Crippen molar-refractivity contribution in [3.05, 3.63) is 81.3 Å². The minimum atomic E-state index is -0.460. The molecule has 9 heteroatoms. The predicted molar refractivity (Wildman–Crippen MR) is 119 cm³/mol. The second-order valence-electron chi connectivity index (χ2n) is 7.24. The van der Waals surface area contributed by atoms with E-state index in [2.05, 4.69) is 10.3 Å². The highest BCUT2D eigenvalue weighted by Crippen LogP contribution is 2.33. The number of nitrogens with zero attached hydrogens (tertiary/aromatic N) is 3. The van der Waals surface area contributed by atoms with Crippen molar-refractivity contribution < 1.29 is 14.5 Å². The van der Waals surface area contributed by atoms with Gasteiger partial charge >= 0.3 is 0 Å².